The molecule has 0 saturated carbocycles. The van der Waals surface area contributed by atoms with Crippen LogP contribution in [0.1, 0.15) is 97.5 Å². The van der Waals surface area contributed by atoms with E-state index in [-0.39, 0.29) is 0 Å². The highest BCUT2D eigenvalue weighted by Gasteiger charge is 2.36. The predicted octanol–water partition coefficient (Wildman–Crippen LogP) is 9.10. The van der Waals surface area contributed by atoms with Crippen molar-refractivity contribution in [1.82, 2.24) is 0 Å². The first-order valence-electron chi connectivity index (χ1n) is 13.5. The van der Waals surface area contributed by atoms with E-state index in [1.54, 1.807) is 0 Å². The second kappa shape index (κ2) is 15.5. The molecule has 1 heterocycles. The Morgan fingerprint density at radius 2 is 1.28 bits per heavy atom. The molecule has 0 unspecified atom stereocenters. The van der Waals surface area contributed by atoms with Crippen LogP contribution in [0.2, 0.25) is 18.1 Å². The second-order valence-electron chi connectivity index (χ2n) is 9.41. The normalized spacial score (nSPS) is 11.9. The summed E-state index contributed by atoms with van der Waals surface area (Å²) in [5, 5.41) is 1.29. The van der Waals surface area contributed by atoms with Gasteiger partial charge in [0.2, 0.25) is 0 Å². The summed E-state index contributed by atoms with van der Waals surface area (Å²) < 4.78 is 12.5. The summed E-state index contributed by atoms with van der Waals surface area (Å²) in [6, 6.07) is 14.5. The zero-order valence-electron chi connectivity index (χ0n) is 21.4. The molecule has 0 radical (unpaired) electrons. The lowest BCUT2D eigenvalue weighted by atomic mass is 10.1. The van der Waals surface area contributed by atoms with Crippen LogP contribution in [0.25, 0.3) is 11.1 Å². The minimum absolute atomic E-state index is 0.660. The summed E-state index contributed by atoms with van der Waals surface area (Å²) in [7, 11) is -1.61. The van der Waals surface area contributed by atoms with Gasteiger partial charge in [-0.1, -0.05) is 134 Å². The van der Waals surface area contributed by atoms with Crippen LogP contribution in [0.5, 0.6) is 0 Å². The molecular formula is C29H48O2Si. The average Bonchev–Trinajstić information content (AvgIpc) is 3.26. The van der Waals surface area contributed by atoms with Crippen LogP contribution in [-0.2, 0) is 11.3 Å². The molecule has 3 heteroatoms. The number of hydrogen-bond donors (Lipinski definition) is 0. The summed E-state index contributed by atoms with van der Waals surface area (Å²) in [4.78, 5) is 0. The number of ether oxygens (including phenoxy) is 1. The second-order valence-corrected chi connectivity index (χ2v) is 14.5. The van der Waals surface area contributed by atoms with Crippen molar-refractivity contribution in [3.63, 3.8) is 0 Å². The van der Waals surface area contributed by atoms with Gasteiger partial charge in [0, 0.05) is 17.7 Å². The Labute approximate surface area is 199 Å². The fourth-order valence-electron chi connectivity index (χ4n) is 4.92. The molecule has 1 aromatic heterocycles. The van der Waals surface area contributed by atoms with Gasteiger partial charge in [0.05, 0.1) is 18.3 Å². The molecule has 2 rings (SSSR count). The van der Waals surface area contributed by atoms with Crippen molar-refractivity contribution in [3.05, 3.63) is 42.2 Å². The molecule has 2 aromatic rings. The van der Waals surface area contributed by atoms with E-state index >= 15 is 0 Å². The Morgan fingerprint density at radius 3 is 1.84 bits per heavy atom. The van der Waals surface area contributed by atoms with E-state index in [1.165, 1.54) is 104 Å². The van der Waals surface area contributed by atoms with Crippen molar-refractivity contribution in [2.24, 2.45) is 0 Å². The molecule has 0 aliphatic heterocycles. The van der Waals surface area contributed by atoms with Crippen molar-refractivity contribution < 1.29 is 9.15 Å². The van der Waals surface area contributed by atoms with E-state index in [0.29, 0.717) is 6.61 Å². The van der Waals surface area contributed by atoms with E-state index in [4.69, 9.17) is 9.15 Å². The van der Waals surface area contributed by atoms with Crippen molar-refractivity contribution in [3.8, 4) is 11.1 Å². The number of unbranched alkanes of at least 4 members (excludes halogenated alkanes) is 9. The van der Waals surface area contributed by atoms with E-state index in [9.17, 15) is 0 Å². The van der Waals surface area contributed by atoms with E-state index < -0.39 is 8.07 Å². The van der Waals surface area contributed by atoms with Crippen molar-refractivity contribution in [2.75, 3.05) is 6.61 Å². The van der Waals surface area contributed by atoms with Crippen LogP contribution in [0, 0.1) is 0 Å². The van der Waals surface area contributed by atoms with Gasteiger partial charge in [-0.15, -0.1) is 0 Å². The highest BCUT2D eigenvalue weighted by molar-refractivity contribution is 6.91. The van der Waals surface area contributed by atoms with Crippen LogP contribution in [0.15, 0.2) is 41.0 Å². The molecule has 0 spiro atoms. The topological polar surface area (TPSA) is 22.4 Å². The molecule has 0 atom stereocenters. The predicted molar refractivity (Wildman–Crippen MR) is 142 cm³/mol. The molecule has 0 aliphatic rings. The van der Waals surface area contributed by atoms with Gasteiger partial charge in [0.1, 0.15) is 8.07 Å². The minimum atomic E-state index is -1.61. The first-order valence-corrected chi connectivity index (χ1v) is 16.1. The maximum atomic E-state index is 6.33. The molecule has 32 heavy (non-hydrogen) atoms. The van der Waals surface area contributed by atoms with Gasteiger partial charge in [-0.3, -0.25) is 0 Å². The monoisotopic (exact) mass is 456 g/mol. The first kappa shape index (κ1) is 26.9. The van der Waals surface area contributed by atoms with E-state index in [2.05, 4.69) is 58.0 Å². The molecular weight excluding hydrogens is 408 g/mol. The molecule has 0 N–H and O–H groups in total. The molecule has 0 bridgehead atoms. The third-order valence-electron chi connectivity index (χ3n) is 7.34. The van der Waals surface area contributed by atoms with Crippen LogP contribution < -0.4 is 5.38 Å². The molecule has 0 amide bonds. The van der Waals surface area contributed by atoms with Crippen molar-refractivity contribution >= 4 is 13.5 Å². The molecule has 0 fully saturated rings. The summed E-state index contributed by atoms with van der Waals surface area (Å²) in [6.45, 7) is 10.8. The van der Waals surface area contributed by atoms with Crippen LogP contribution in [0.4, 0.5) is 0 Å². The van der Waals surface area contributed by atoms with Crippen molar-refractivity contribution in [2.45, 2.75) is 117 Å². The van der Waals surface area contributed by atoms with Gasteiger partial charge in [-0.05, 0) is 12.0 Å². The standard InChI is InChI=1S/C29H48O2Si/c1-5-9-10-11-12-13-14-15-16-20-23-30-24-27-25-31-29(32(6-2,7-3)8-4)28(27)26-21-18-17-19-22-26/h17-19,21-22,25H,5-16,20,23-24H2,1-4H3. The average molecular weight is 457 g/mol. The van der Waals surface area contributed by atoms with Gasteiger partial charge in [-0.25, -0.2) is 0 Å². The Kier molecular flexibility index (Phi) is 13.0. The Morgan fingerprint density at radius 1 is 0.719 bits per heavy atom. The van der Waals surface area contributed by atoms with Crippen molar-refractivity contribution in [1.29, 1.82) is 0 Å². The third-order valence-corrected chi connectivity index (χ3v) is 12.7. The smallest absolute Gasteiger partial charge is 0.132 e. The van der Waals surface area contributed by atoms with E-state index in [1.807, 2.05) is 6.26 Å². The number of rotatable bonds is 18. The zero-order chi connectivity index (χ0) is 23.1. The summed E-state index contributed by atoms with van der Waals surface area (Å²) in [5.74, 6) is 0. The summed E-state index contributed by atoms with van der Waals surface area (Å²) >= 11 is 0. The Bertz CT molecular complexity index is 710. The van der Waals surface area contributed by atoms with Gasteiger partial charge in [0.15, 0.2) is 0 Å². The van der Waals surface area contributed by atoms with Gasteiger partial charge >= 0.3 is 0 Å². The van der Waals surface area contributed by atoms with Crippen LogP contribution in [-0.4, -0.2) is 14.7 Å². The summed E-state index contributed by atoms with van der Waals surface area (Å²) in [5.41, 5.74) is 3.83. The van der Waals surface area contributed by atoms with Crippen LogP contribution >= 0.6 is 0 Å². The molecule has 2 nitrogen and oxygen atoms in total. The van der Waals surface area contributed by atoms with Crippen LogP contribution in [0.3, 0.4) is 0 Å². The maximum Gasteiger partial charge on any atom is 0.132 e. The highest BCUT2D eigenvalue weighted by atomic mass is 28.3. The van der Waals surface area contributed by atoms with Gasteiger partial charge in [0.25, 0.3) is 0 Å². The lowest BCUT2D eigenvalue weighted by Gasteiger charge is -2.27. The fourth-order valence-corrected chi connectivity index (χ4v) is 8.52. The van der Waals surface area contributed by atoms with Gasteiger partial charge < -0.3 is 9.15 Å². The Balaban J connectivity index is 1.85. The molecule has 0 saturated heterocycles. The zero-order valence-corrected chi connectivity index (χ0v) is 22.4. The fraction of sp³-hybridized carbons (Fsp3) is 0.655. The lowest BCUT2D eigenvalue weighted by molar-refractivity contribution is 0.116. The minimum Gasteiger partial charge on any atom is -0.473 e. The molecule has 0 aliphatic carbocycles. The van der Waals surface area contributed by atoms with E-state index in [0.717, 1.165) is 6.61 Å². The number of hydrogen-bond acceptors (Lipinski definition) is 2. The third kappa shape index (κ3) is 7.92. The Hall–Kier alpha value is -1.32. The number of benzene rings is 1. The number of furan rings is 1. The largest absolute Gasteiger partial charge is 0.473 e. The molecule has 1 aromatic carbocycles. The highest BCUT2D eigenvalue weighted by Crippen LogP contribution is 2.31. The van der Waals surface area contributed by atoms with Gasteiger partial charge in [-0.2, -0.15) is 0 Å². The summed E-state index contributed by atoms with van der Waals surface area (Å²) in [6.07, 6.45) is 15.6. The quantitative estimate of drug-likeness (QED) is 0.165. The maximum absolute atomic E-state index is 6.33. The first-order chi connectivity index (χ1) is 15.7. The lowest BCUT2D eigenvalue weighted by Crippen LogP contribution is -2.46. The SMILES string of the molecule is CCCCCCCCCCCCOCc1coc([Si](CC)(CC)CC)c1-c1ccccc1. The molecule has 180 valence electrons.